The van der Waals surface area contributed by atoms with E-state index >= 15 is 0 Å². The molecule has 1 heterocycles. The third-order valence-electron chi connectivity index (χ3n) is 2.60. The summed E-state index contributed by atoms with van der Waals surface area (Å²) in [7, 11) is 0. The number of hydrogen-bond donors (Lipinski definition) is 1. The van der Waals surface area contributed by atoms with Crippen LogP contribution in [-0.4, -0.2) is 22.8 Å². The predicted molar refractivity (Wildman–Crippen MR) is 76.0 cm³/mol. The van der Waals surface area contributed by atoms with Gasteiger partial charge in [0.1, 0.15) is 10.0 Å². The topological polar surface area (TPSA) is 37.8 Å². The summed E-state index contributed by atoms with van der Waals surface area (Å²) < 4.78 is 0. The lowest BCUT2D eigenvalue weighted by atomic mass is 10.2. The number of benzene rings is 1. The predicted octanol–water partition coefficient (Wildman–Crippen LogP) is 2.67. The van der Waals surface area contributed by atoms with E-state index in [1.807, 2.05) is 6.07 Å². The summed E-state index contributed by atoms with van der Waals surface area (Å²) in [6.07, 6.45) is 1.85. The Morgan fingerprint density at radius 1 is 1.11 bits per heavy atom. The lowest BCUT2D eigenvalue weighted by molar-refractivity contribution is 0.588. The van der Waals surface area contributed by atoms with E-state index < -0.39 is 0 Å². The van der Waals surface area contributed by atoms with Gasteiger partial charge in [-0.3, -0.25) is 0 Å². The van der Waals surface area contributed by atoms with Crippen molar-refractivity contribution in [3.63, 3.8) is 0 Å². The molecule has 0 aliphatic carbocycles. The summed E-state index contributed by atoms with van der Waals surface area (Å²) in [5.41, 5.74) is 1.29. The highest BCUT2D eigenvalue weighted by molar-refractivity contribution is 7.11. The molecule has 0 unspecified atom stereocenters. The first kappa shape index (κ1) is 13.2. The molecule has 0 aliphatic heterocycles. The van der Waals surface area contributed by atoms with Gasteiger partial charge >= 0.3 is 0 Å². The molecule has 0 amide bonds. The minimum absolute atomic E-state index is 0.529. The lowest BCUT2D eigenvalue weighted by Crippen LogP contribution is -2.24. The van der Waals surface area contributed by atoms with Crippen LogP contribution in [0.25, 0.3) is 0 Å². The van der Waals surface area contributed by atoms with Crippen molar-refractivity contribution in [1.29, 1.82) is 0 Å². The van der Waals surface area contributed by atoms with Gasteiger partial charge in [0.2, 0.25) is 0 Å². The van der Waals surface area contributed by atoms with Crippen LogP contribution in [0.3, 0.4) is 0 Å². The van der Waals surface area contributed by atoms with E-state index in [0.29, 0.717) is 6.04 Å². The fourth-order valence-corrected chi connectivity index (χ4v) is 2.58. The summed E-state index contributed by atoms with van der Waals surface area (Å²) in [5.74, 6) is 0. The van der Waals surface area contributed by atoms with Crippen LogP contribution in [0, 0.1) is 0 Å². The van der Waals surface area contributed by atoms with Crippen molar-refractivity contribution in [2.75, 3.05) is 6.54 Å². The van der Waals surface area contributed by atoms with Crippen molar-refractivity contribution in [2.45, 2.75) is 32.7 Å². The Balaban J connectivity index is 1.86. The lowest BCUT2D eigenvalue weighted by Gasteiger charge is -2.05. The SMILES string of the molecule is CC(C)NCCc1nnc(Cc2ccccc2)s1. The molecular formula is C14H19N3S. The number of nitrogens with one attached hydrogen (secondary N) is 1. The molecule has 0 saturated heterocycles. The van der Waals surface area contributed by atoms with Crippen LogP contribution < -0.4 is 5.32 Å². The molecular weight excluding hydrogens is 242 g/mol. The zero-order valence-corrected chi connectivity index (χ0v) is 11.7. The van der Waals surface area contributed by atoms with E-state index in [9.17, 15) is 0 Å². The van der Waals surface area contributed by atoms with Crippen LogP contribution in [0.5, 0.6) is 0 Å². The minimum Gasteiger partial charge on any atom is -0.314 e. The van der Waals surface area contributed by atoms with E-state index in [-0.39, 0.29) is 0 Å². The van der Waals surface area contributed by atoms with Gasteiger partial charge in [0, 0.05) is 25.4 Å². The van der Waals surface area contributed by atoms with Gasteiger partial charge in [-0.1, -0.05) is 44.2 Å². The van der Waals surface area contributed by atoms with E-state index in [2.05, 4.69) is 53.6 Å². The first-order valence-corrected chi connectivity index (χ1v) is 7.14. The highest BCUT2D eigenvalue weighted by Gasteiger charge is 2.05. The Morgan fingerprint density at radius 3 is 2.56 bits per heavy atom. The zero-order chi connectivity index (χ0) is 12.8. The number of nitrogens with zero attached hydrogens (tertiary/aromatic N) is 2. The second-order valence-corrected chi connectivity index (χ2v) is 5.76. The smallest absolute Gasteiger partial charge is 0.121 e. The van der Waals surface area contributed by atoms with Crippen molar-refractivity contribution in [2.24, 2.45) is 0 Å². The third kappa shape index (κ3) is 4.20. The maximum absolute atomic E-state index is 4.25. The molecule has 0 radical (unpaired) electrons. The van der Waals surface area contributed by atoms with Crippen molar-refractivity contribution in [3.05, 3.63) is 45.9 Å². The second kappa shape index (κ2) is 6.61. The van der Waals surface area contributed by atoms with Crippen molar-refractivity contribution < 1.29 is 0 Å². The van der Waals surface area contributed by atoms with Gasteiger partial charge in [-0.05, 0) is 5.56 Å². The summed E-state index contributed by atoms with van der Waals surface area (Å²) in [6.45, 7) is 5.28. The zero-order valence-electron chi connectivity index (χ0n) is 10.9. The highest BCUT2D eigenvalue weighted by atomic mass is 32.1. The Morgan fingerprint density at radius 2 is 1.83 bits per heavy atom. The molecule has 1 aromatic heterocycles. The molecule has 0 fully saturated rings. The van der Waals surface area contributed by atoms with Gasteiger partial charge in [0.15, 0.2) is 0 Å². The molecule has 0 saturated carbocycles. The van der Waals surface area contributed by atoms with Crippen LogP contribution in [0.2, 0.25) is 0 Å². The van der Waals surface area contributed by atoms with Crippen molar-refractivity contribution in [1.82, 2.24) is 15.5 Å². The Bertz CT molecular complexity index is 465. The molecule has 18 heavy (non-hydrogen) atoms. The standard InChI is InChI=1S/C14H19N3S/c1-11(2)15-9-8-13-16-17-14(18-13)10-12-6-4-3-5-7-12/h3-7,11,15H,8-10H2,1-2H3. The molecule has 3 nitrogen and oxygen atoms in total. The molecule has 2 aromatic rings. The maximum atomic E-state index is 4.25. The van der Waals surface area contributed by atoms with Gasteiger partial charge in [-0.15, -0.1) is 21.5 Å². The Labute approximate surface area is 112 Å². The van der Waals surface area contributed by atoms with E-state index in [0.717, 1.165) is 29.4 Å². The van der Waals surface area contributed by atoms with Crippen LogP contribution in [0.1, 0.15) is 29.4 Å². The fourth-order valence-electron chi connectivity index (χ4n) is 1.70. The average Bonchev–Trinajstić information content (AvgIpc) is 2.78. The molecule has 1 N–H and O–H groups in total. The van der Waals surface area contributed by atoms with E-state index in [1.165, 1.54) is 5.56 Å². The molecule has 0 bridgehead atoms. The molecule has 0 spiro atoms. The van der Waals surface area contributed by atoms with E-state index in [1.54, 1.807) is 11.3 Å². The largest absolute Gasteiger partial charge is 0.314 e. The van der Waals surface area contributed by atoms with Gasteiger partial charge in [0.25, 0.3) is 0 Å². The first-order valence-electron chi connectivity index (χ1n) is 6.32. The number of hydrogen-bond acceptors (Lipinski definition) is 4. The van der Waals surface area contributed by atoms with Crippen molar-refractivity contribution in [3.8, 4) is 0 Å². The number of aromatic nitrogens is 2. The quantitative estimate of drug-likeness (QED) is 0.868. The van der Waals surface area contributed by atoms with Crippen LogP contribution in [0.4, 0.5) is 0 Å². The van der Waals surface area contributed by atoms with Gasteiger partial charge < -0.3 is 5.32 Å². The normalized spacial score (nSPS) is 11.1. The summed E-state index contributed by atoms with van der Waals surface area (Å²) in [4.78, 5) is 0. The molecule has 4 heteroatoms. The molecule has 0 atom stereocenters. The molecule has 0 aliphatic rings. The van der Waals surface area contributed by atoms with Gasteiger partial charge in [0.05, 0.1) is 0 Å². The van der Waals surface area contributed by atoms with Crippen LogP contribution in [-0.2, 0) is 12.8 Å². The Kier molecular flexibility index (Phi) is 4.84. The monoisotopic (exact) mass is 261 g/mol. The van der Waals surface area contributed by atoms with E-state index in [4.69, 9.17) is 0 Å². The van der Waals surface area contributed by atoms with Crippen LogP contribution >= 0.6 is 11.3 Å². The Hall–Kier alpha value is -1.26. The van der Waals surface area contributed by atoms with Gasteiger partial charge in [-0.25, -0.2) is 0 Å². The van der Waals surface area contributed by atoms with Crippen LogP contribution in [0.15, 0.2) is 30.3 Å². The van der Waals surface area contributed by atoms with Gasteiger partial charge in [-0.2, -0.15) is 0 Å². The maximum Gasteiger partial charge on any atom is 0.121 e. The second-order valence-electron chi connectivity index (χ2n) is 4.61. The summed E-state index contributed by atoms with van der Waals surface area (Å²) in [5, 5.41) is 14.1. The number of rotatable bonds is 6. The third-order valence-corrected chi connectivity index (χ3v) is 3.58. The average molecular weight is 261 g/mol. The molecule has 96 valence electrons. The summed E-state index contributed by atoms with van der Waals surface area (Å²) >= 11 is 1.72. The fraction of sp³-hybridized carbons (Fsp3) is 0.429. The first-order chi connectivity index (χ1) is 8.74. The minimum atomic E-state index is 0.529. The van der Waals surface area contributed by atoms with Crippen molar-refractivity contribution >= 4 is 11.3 Å². The highest BCUT2D eigenvalue weighted by Crippen LogP contribution is 2.14. The molecule has 2 rings (SSSR count). The summed E-state index contributed by atoms with van der Waals surface area (Å²) in [6, 6.07) is 10.9. The molecule has 1 aromatic carbocycles.